The summed E-state index contributed by atoms with van der Waals surface area (Å²) in [5.41, 5.74) is 1.09. The van der Waals surface area contributed by atoms with Gasteiger partial charge in [0.05, 0.1) is 6.20 Å². The minimum atomic E-state index is -0.704. The summed E-state index contributed by atoms with van der Waals surface area (Å²) in [5.74, 6) is -0.484. The highest BCUT2D eigenvalue weighted by Crippen LogP contribution is 2.25. The smallest absolute Gasteiger partial charge is 0.321 e. The number of carboxylic acids is 1. The van der Waals surface area contributed by atoms with E-state index in [0.717, 1.165) is 31.5 Å². The summed E-state index contributed by atoms with van der Waals surface area (Å²) in [7, 11) is 0. The van der Waals surface area contributed by atoms with Gasteiger partial charge in [-0.15, -0.1) is 0 Å². The Balaban J connectivity index is 2.08. The number of piperidine rings is 1. The van der Waals surface area contributed by atoms with Gasteiger partial charge in [0.25, 0.3) is 0 Å². The molecule has 0 aliphatic carbocycles. The van der Waals surface area contributed by atoms with Crippen molar-refractivity contribution in [3.8, 4) is 0 Å². The fraction of sp³-hybridized carbons (Fsp3) is 0.692. The molecule has 2 unspecified atom stereocenters. The van der Waals surface area contributed by atoms with Crippen LogP contribution in [0.2, 0.25) is 0 Å². The number of hydrogen-bond acceptors (Lipinski definition) is 3. The summed E-state index contributed by atoms with van der Waals surface area (Å²) in [4.78, 5) is 13.4. The van der Waals surface area contributed by atoms with Gasteiger partial charge >= 0.3 is 5.97 Å². The molecule has 1 aliphatic rings. The maximum atomic E-state index is 11.4. The second kappa shape index (κ2) is 5.52. The van der Waals surface area contributed by atoms with Gasteiger partial charge in [0.1, 0.15) is 6.04 Å². The highest BCUT2D eigenvalue weighted by atomic mass is 16.4. The van der Waals surface area contributed by atoms with Crippen LogP contribution in [-0.2, 0) is 17.9 Å². The number of aliphatic carboxylic acids is 1. The normalized spacial score (nSPS) is 25.2. The minimum absolute atomic E-state index is 0.220. The molecular formula is C13H21N3O2. The van der Waals surface area contributed by atoms with E-state index in [2.05, 4.69) is 10.00 Å². The fourth-order valence-corrected chi connectivity index (χ4v) is 2.75. The van der Waals surface area contributed by atoms with Crippen LogP contribution in [0.15, 0.2) is 12.4 Å². The van der Waals surface area contributed by atoms with E-state index in [1.165, 1.54) is 0 Å². The molecule has 0 radical (unpaired) electrons. The first-order valence-electron chi connectivity index (χ1n) is 6.60. The Kier molecular flexibility index (Phi) is 4.01. The third kappa shape index (κ3) is 2.72. The molecule has 0 saturated carbocycles. The first kappa shape index (κ1) is 13.1. The summed E-state index contributed by atoms with van der Waals surface area (Å²) < 4.78 is 1.87. The molecule has 2 heterocycles. The Bertz CT molecular complexity index is 416. The molecule has 2 atom stereocenters. The van der Waals surface area contributed by atoms with Gasteiger partial charge < -0.3 is 5.11 Å². The Labute approximate surface area is 107 Å². The van der Waals surface area contributed by atoms with Crippen molar-refractivity contribution >= 4 is 5.97 Å². The van der Waals surface area contributed by atoms with Crippen LogP contribution in [0.3, 0.4) is 0 Å². The van der Waals surface area contributed by atoms with Crippen LogP contribution < -0.4 is 0 Å². The number of aromatic nitrogens is 2. The maximum absolute atomic E-state index is 11.4. The first-order chi connectivity index (χ1) is 8.61. The van der Waals surface area contributed by atoms with Crippen LogP contribution >= 0.6 is 0 Å². The fourth-order valence-electron chi connectivity index (χ4n) is 2.75. The SMILES string of the molecule is CCn1cc(CN2CCCC(C)C2C(=O)O)cn1. The molecule has 0 aromatic carbocycles. The number of rotatable bonds is 4. The zero-order chi connectivity index (χ0) is 13.1. The second-order valence-electron chi connectivity index (χ2n) is 5.08. The number of aryl methyl sites for hydroxylation is 1. The van der Waals surface area contributed by atoms with Gasteiger partial charge in [0, 0.05) is 24.8 Å². The average molecular weight is 251 g/mol. The quantitative estimate of drug-likeness (QED) is 0.883. The summed E-state index contributed by atoms with van der Waals surface area (Å²) in [6, 6.07) is -0.358. The van der Waals surface area contributed by atoms with Crippen LogP contribution in [0.4, 0.5) is 0 Å². The van der Waals surface area contributed by atoms with E-state index in [1.807, 2.05) is 30.9 Å². The first-order valence-corrected chi connectivity index (χ1v) is 6.60. The Hall–Kier alpha value is -1.36. The second-order valence-corrected chi connectivity index (χ2v) is 5.08. The van der Waals surface area contributed by atoms with Gasteiger partial charge in [0.2, 0.25) is 0 Å². The largest absolute Gasteiger partial charge is 0.480 e. The predicted molar refractivity (Wildman–Crippen MR) is 68.1 cm³/mol. The monoisotopic (exact) mass is 251 g/mol. The molecule has 2 rings (SSSR count). The lowest BCUT2D eigenvalue weighted by molar-refractivity contribution is -0.147. The van der Waals surface area contributed by atoms with Gasteiger partial charge in [0.15, 0.2) is 0 Å². The molecule has 1 saturated heterocycles. The zero-order valence-electron chi connectivity index (χ0n) is 11.0. The summed E-state index contributed by atoms with van der Waals surface area (Å²) in [6.07, 6.45) is 5.91. The average Bonchev–Trinajstić information content (AvgIpc) is 2.76. The van der Waals surface area contributed by atoms with Gasteiger partial charge in [-0.1, -0.05) is 6.92 Å². The van der Waals surface area contributed by atoms with Crippen molar-refractivity contribution in [1.82, 2.24) is 14.7 Å². The van der Waals surface area contributed by atoms with Crippen LogP contribution in [-0.4, -0.2) is 38.3 Å². The topological polar surface area (TPSA) is 58.4 Å². The van der Waals surface area contributed by atoms with Crippen molar-refractivity contribution in [1.29, 1.82) is 0 Å². The summed E-state index contributed by atoms with van der Waals surface area (Å²) >= 11 is 0. The third-order valence-corrected chi connectivity index (χ3v) is 3.69. The molecule has 5 nitrogen and oxygen atoms in total. The molecule has 100 valence electrons. The van der Waals surface area contributed by atoms with E-state index < -0.39 is 5.97 Å². The number of likely N-dealkylation sites (tertiary alicyclic amines) is 1. The molecule has 1 aromatic heterocycles. The van der Waals surface area contributed by atoms with Crippen molar-refractivity contribution < 1.29 is 9.90 Å². The zero-order valence-corrected chi connectivity index (χ0v) is 11.0. The van der Waals surface area contributed by atoms with E-state index in [1.54, 1.807) is 0 Å². The summed E-state index contributed by atoms with van der Waals surface area (Å²) in [5, 5.41) is 13.6. The minimum Gasteiger partial charge on any atom is -0.480 e. The van der Waals surface area contributed by atoms with Crippen molar-refractivity contribution in [2.24, 2.45) is 5.92 Å². The molecular weight excluding hydrogens is 230 g/mol. The third-order valence-electron chi connectivity index (χ3n) is 3.69. The highest BCUT2D eigenvalue weighted by Gasteiger charge is 2.34. The van der Waals surface area contributed by atoms with Crippen molar-refractivity contribution in [3.63, 3.8) is 0 Å². The van der Waals surface area contributed by atoms with Crippen LogP contribution in [0.5, 0.6) is 0 Å². The number of carboxylic acid groups (broad SMARTS) is 1. The summed E-state index contributed by atoms with van der Waals surface area (Å²) in [6.45, 7) is 6.46. The van der Waals surface area contributed by atoms with Crippen LogP contribution in [0, 0.1) is 5.92 Å². The van der Waals surface area contributed by atoms with Crippen LogP contribution in [0.1, 0.15) is 32.3 Å². The Morgan fingerprint density at radius 3 is 3.00 bits per heavy atom. The Morgan fingerprint density at radius 1 is 1.61 bits per heavy atom. The van der Waals surface area contributed by atoms with Crippen molar-refractivity contribution in [3.05, 3.63) is 18.0 Å². The van der Waals surface area contributed by atoms with Gasteiger partial charge in [-0.3, -0.25) is 14.4 Å². The van der Waals surface area contributed by atoms with E-state index >= 15 is 0 Å². The molecule has 1 N–H and O–H groups in total. The predicted octanol–water partition coefficient (Wildman–Crippen LogP) is 1.59. The molecule has 1 aromatic rings. The molecule has 0 spiro atoms. The molecule has 18 heavy (non-hydrogen) atoms. The Morgan fingerprint density at radius 2 is 2.39 bits per heavy atom. The van der Waals surface area contributed by atoms with E-state index in [9.17, 15) is 9.90 Å². The van der Waals surface area contributed by atoms with E-state index in [-0.39, 0.29) is 12.0 Å². The van der Waals surface area contributed by atoms with Crippen molar-refractivity contribution in [2.75, 3.05) is 6.54 Å². The molecule has 0 bridgehead atoms. The van der Waals surface area contributed by atoms with Crippen molar-refractivity contribution in [2.45, 2.75) is 45.8 Å². The van der Waals surface area contributed by atoms with E-state index in [0.29, 0.717) is 6.54 Å². The molecule has 5 heteroatoms. The van der Waals surface area contributed by atoms with Gasteiger partial charge in [-0.05, 0) is 32.2 Å². The number of hydrogen-bond donors (Lipinski definition) is 1. The van der Waals surface area contributed by atoms with Gasteiger partial charge in [-0.2, -0.15) is 5.10 Å². The maximum Gasteiger partial charge on any atom is 0.321 e. The lowest BCUT2D eigenvalue weighted by atomic mass is 9.90. The molecule has 1 aliphatic heterocycles. The lowest BCUT2D eigenvalue weighted by Gasteiger charge is -2.36. The highest BCUT2D eigenvalue weighted by molar-refractivity contribution is 5.74. The molecule has 0 amide bonds. The van der Waals surface area contributed by atoms with Crippen LogP contribution in [0.25, 0.3) is 0 Å². The standard InChI is InChI=1S/C13H21N3O2/c1-3-16-9-11(7-14-16)8-15-6-4-5-10(2)12(15)13(17)18/h7,9-10,12H,3-6,8H2,1-2H3,(H,17,18). The number of carbonyl (C=O) groups is 1. The lowest BCUT2D eigenvalue weighted by Crippen LogP contribution is -2.48. The van der Waals surface area contributed by atoms with Gasteiger partial charge in [-0.25, -0.2) is 0 Å². The van der Waals surface area contributed by atoms with E-state index in [4.69, 9.17) is 0 Å². The molecule has 1 fully saturated rings. The number of nitrogens with zero attached hydrogens (tertiary/aromatic N) is 3.